The van der Waals surface area contributed by atoms with Gasteiger partial charge in [-0.05, 0) is 30.7 Å². The zero-order chi connectivity index (χ0) is 17.6. The van der Waals surface area contributed by atoms with Crippen LogP contribution in [0, 0.1) is 18.3 Å². The third-order valence-electron chi connectivity index (χ3n) is 3.74. The minimum atomic E-state index is 0.284. The summed E-state index contributed by atoms with van der Waals surface area (Å²) in [6, 6.07) is 17.7. The molecule has 3 aromatic rings. The Hall–Kier alpha value is -3.23. The Bertz CT molecular complexity index is 899. The average Bonchev–Trinajstić information content (AvgIpc) is 2.67. The molecule has 0 aliphatic carbocycles. The van der Waals surface area contributed by atoms with Gasteiger partial charge in [0.1, 0.15) is 18.2 Å². The van der Waals surface area contributed by atoms with Gasteiger partial charge in [-0.1, -0.05) is 35.9 Å². The van der Waals surface area contributed by atoms with Crippen LogP contribution in [0.3, 0.4) is 0 Å². The van der Waals surface area contributed by atoms with Crippen LogP contribution in [0.4, 0.5) is 0 Å². The summed E-state index contributed by atoms with van der Waals surface area (Å²) in [5, 5.41) is 9.66. The predicted molar refractivity (Wildman–Crippen MR) is 96.9 cm³/mol. The fourth-order valence-corrected chi connectivity index (χ4v) is 2.50. The Morgan fingerprint density at radius 1 is 1.12 bits per heavy atom. The third kappa shape index (κ3) is 3.65. The van der Waals surface area contributed by atoms with E-state index in [9.17, 15) is 5.26 Å². The first-order valence-electron chi connectivity index (χ1n) is 7.99. The van der Waals surface area contributed by atoms with Crippen LogP contribution < -0.4 is 10.5 Å². The molecule has 2 N–H and O–H groups in total. The molecule has 0 fully saturated rings. The molecule has 5 nitrogen and oxygen atoms in total. The molecule has 25 heavy (non-hydrogen) atoms. The molecular weight excluding hydrogens is 312 g/mol. The molecule has 0 bridgehead atoms. The normalized spacial score (nSPS) is 10.3. The number of aromatic nitrogens is 2. The second-order valence-electron chi connectivity index (χ2n) is 5.57. The van der Waals surface area contributed by atoms with Crippen LogP contribution in [0.5, 0.6) is 5.88 Å². The molecule has 0 spiro atoms. The van der Waals surface area contributed by atoms with Crippen molar-refractivity contribution in [2.75, 3.05) is 13.2 Å². The lowest BCUT2D eigenvalue weighted by atomic mass is 9.99. The maximum absolute atomic E-state index is 9.66. The van der Waals surface area contributed by atoms with Crippen molar-refractivity contribution >= 4 is 0 Å². The van der Waals surface area contributed by atoms with E-state index < -0.39 is 0 Å². The predicted octanol–water partition coefficient (Wildman–Crippen LogP) is 3.33. The second-order valence-corrected chi connectivity index (χ2v) is 5.57. The highest BCUT2D eigenvalue weighted by molar-refractivity contribution is 5.77. The molecule has 124 valence electrons. The highest BCUT2D eigenvalue weighted by Crippen LogP contribution is 2.33. The van der Waals surface area contributed by atoms with Crippen molar-refractivity contribution in [1.82, 2.24) is 9.97 Å². The summed E-state index contributed by atoms with van der Waals surface area (Å²) in [7, 11) is 0. The molecule has 1 aromatic carbocycles. The molecule has 5 heteroatoms. The topological polar surface area (TPSA) is 84.8 Å². The van der Waals surface area contributed by atoms with Gasteiger partial charge in [0.05, 0.1) is 11.4 Å². The second kappa shape index (κ2) is 7.56. The number of nitriles is 1. The minimum Gasteiger partial charge on any atom is -0.475 e. The van der Waals surface area contributed by atoms with Gasteiger partial charge in [0, 0.05) is 18.3 Å². The van der Waals surface area contributed by atoms with E-state index in [2.05, 4.69) is 16.0 Å². The molecular formula is C20H18N4O. The lowest BCUT2D eigenvalue weighted by Crippen LogP contribution is -2.12. The van der Waals surface area contributed by atoms with E-state index in [1.807, 2.05) is 55.5 Å². The maximum Gasteiger partial charge on any atom is 0.232 e. The van der Waals surface area contributed by atoms with Crippen molar-refractivity contribution in [1.29, 1.82) is 5.26 Å². The number of nitrogens with zero attached hydrogens (tertiary/aromatic N) is 3. The number of rotatable bonds is 5. The number of pyridine rings is 2. The van der Waals surface area contributed by atoms with Crippen molar-refractivity contribution in [3.8, 4) is 34.5 Å². The van der Waals surface area contributed by atoms with Crippen molar-refractivity contribution in [3.05, 3.63) is 65.9 Å². The van der Waals surface area contributed by atoms with Crippen LogP contribution in [-0.4, -0.2) is 23.1 Å². The van der Waals surface area contributed by atoms with E-state index >= 15 is 0 Å². The van der Waals surface area contributed by atoms with E-state index in [1.54, 1.807) is 6.20 Å². The molecule has 0 amide bonds. The number of hydrogen-bond donors (Lipinski definition) is 1. The molecule has 0 atom stereocenters. The molecule has 0 aliphatic heterocycles. The fourth-order valence-electron chi connectivity index (χ4n) is 2.50. The highest BCUT2D eigenvalue weighted by Gasteiger charge is 2.16. The van der Waals surface area contributed by atoms with E-state index in [-0.39, 0.29) is 5.88 Å². The summed E-state index contributed by atoms with van der Waals surface area (Å²) < 4.78 is 5.64. The molecule has 0 aliphatic rings. The molecule has 0 saturated carbocycles. The Morgan fingerprint density at radius 2 is 1.92 bits per heavy atom. The number of aryl methyl sites for hydroxylation is 1. The van der Waals surface area contributed by atoms with Crippen molar-refractivity contribution < 1.29 is 4.74 Å². The van der Waals surface area contributed by atoms with Crippen LogP contribution in [0.2, 0.25) is 0 Å². The maximum atomic E-state index is 9.66. The van der Waals surface area contributed by atoms with Gasteiger partial charge in [-0.3, -0.25) is 4.98 Å². The van der Waals surface area contributed by atoms with Gasteiger partial charge in [-0.25, -0.2) is 4.98 Å². The summed E-state index contributed by atoms with van der Waals surface area (Å²) in [5.74, 6) is 0.284. The lowest BCUT2D eigenvalue weighted by Gasteiger charge is -2.13. The van der Waals surface area contributed by atoms with Gasteiger partial charge in [0.2, 0.25) is 5.88 Å². The largest absolute Gasteiger partial charge is 0.475 e. The van der Waals surface area contributed by atoms with Crippen molar-refractivity contribution in [2.45, 2.75) is 6.92 Å². The first-order chi connectivity index (χ1) is 12.2. The SMILES string of the molecule is Cc1ccc(-c2cc(-c3ccccn3)nc(OCCN)c2C#N)cc1. The van der Waals surface area contributed by atoms with Crippen molar-refractivity contribution in [2.24, 2.45) is 5.73 Å². The minimum absolute atomic E-state index is 0.284. The summed E-state index contributed by atoms with van der Waals surface area (Å²) in [6.07, 6.45) is 1.71. The Labute approximate surface area is 146 Å². The van der Waals surface area contributed by atoms with Crippen LogP contribution >= 0.6 is 0 Å². The smallest absolute Gasteiger partial charge is 0.232 e. The molecule has 0 unspecified atom stereocenters. The van der Waals surface area contributed by atoms with Gasteiger partial charge in [0.25, 0.3) is 0 Å². The lowest BCUT2D eigenvalue weighted by molar-refractivity contribution is 0.315. The Kier molecular flexibility index (Phi) is 5.03. The van der Waals surface area contributed by atoms with Gasteiger partial charge in [-0.2, -0.15) is 5.26 Å². The molecule has 2 aromatic heterocycles. The summed E-state index contributed by atoms with van der Waals surface area (Å²) in [4.78, 5) is 8.84. The Balaban J connectivity index is 2.20. The number of benzene rings is 1. The van der Waals surface area contributed by atoms with Gasteiger partial charge >= 0.3 is 0 Å². The number of ether oxygens (including phenoxy) is 1. The van der Waals surface area contributed by atoms with Crippen molar-refractivity contribution in [3.63, 3.8) is 0 Å². The number of hydrogen-bond acceptors (Lipinski definition) is 5. The standard InChI is InChI=1S/C20H18N4O/c1-14-5-7-15(8-6-14)16-12-19(18-4-2-3-10-23-18)24-20(17(16)13-22)25-11-9-21/h2-8,10,12H,9,11,21H2,1H3. The van der Waals surface area contributed by atoms with E-state index in [0.29, 0.717) is 24.4 Å². The number of nitrogens with two attached hydrogens (primary N) is 1. The monoisotopic (exact) mass is 330 g/mol. The van der Waals surface area contributed by atoms with Gasteiger partial charge in [0.15, 0.2) is 0 Å². The zero-order valence-electron chi connectivity index (χ0n) is 13.9. The van der Waals surface area contributed by atoms with Crippen LogP contribution in [0.25, 0.3) is 22.5 Å². The van der Waals surface area contributed by atoms with Crippen LogP contribution in [0.1, 0.15) is 11.1 Å². The molecule has 0 radical (unpaired) electrons. The summed E-state index contributed by atoms with van der Waals surface area (Å²) in [5.41, 5.74) is 10.2. The van der Waals surface area contributed by atoms with Crippen LogP contribution in [-0.2, 0) is 0 Å². The molecule has 0 saturated heterocycles. The van der Waals surface area contributed by atoms with Gasteiger partial charge < -0.3 is 10.5 Å². The highest BCUT2D eigenvalue weighted by atomic mass is 16.5. The molecule has 2 heterocycles. The van der Waals surface area contributed by atoms with Gasteiger partial charge in [-0.15, -0.1) is 0 Å². The summed E-state index contributed by atoms with van der Waals surface area (Å²) >= 11 is 0. The zero-order valence-corrected chi connectivity index (χ0v) is 13.9. The molecule has 3 rings (SSSR count). The third-order valence-corrected chi connectivity index (χ3v) is 3.74. The quantitative estimate of drug-likeness (QED) is 0.775. The van der Waals surface area contributed by atoms with E-state index in [4.69, 9.17) is 10.5 Å². The first kappa shape index (κ1) is 16.6. The van der Waals surface area contributed by atoms with E-state index in [0.717, 1.165) is 22.4 Å². The fraction of sp³-hybridized carbons (Fsp3) is 0.150. The van der Waals surface area contributed by atoms with Crippen LogP contribution in [0.15, 0.2) is 54.7 Å². The van der Waals surface area contributed by atoms with E-state index in [1.165, 1.54) is 0 Å². The Morgan fingerprint density at radius 3 is 2.56 bits per heavy atom. The summed E-state index contributed by atoms with van der Waals surface area (Å²) in [6.45, 7) is 2.66. The average molecular weight is 330 g/mol. The first-order valence-corrected chi connectivity index (χ1v) is 7.99.